The van der Waals surface area contributed by atoms with Crippen LogP contribution in [0.5, 0.6) is 0 Å². The van der Waals surface area contributed by atoms with E-state index < -0.39 is 11.6 Å². The number of hydrogen-bond acceptors (Lipinski definition) is 4. The molecule has 0 atom stereocenters. The van der Waals surface area contributed by atoms with Crippen molar-refractivity contribution in [3.05, 3.63) is 83.3 Å². The van der Waals surface area contributed by atoms with E-state index in [4.69, 9.17) is 0 Å². The van der Waals surface area contributed by atoms with E-state index in [-0.39, 0.29) is 17.2 Å². The van der Waals surface area contributed by atoms with E-state index in [9.17, 15) is 18.4 Å². The molecule has 2 N–H and O–H groups in total. The van der Waals surface area contributed by atoms with Gasteiger partial charge >= 0.3 is 0 Å². The van der Waals surface area contributed by atoms with E-state index in [1.165, 1.54) is 10.6 Å². The maximum atomic E-state index is 14.2. The Bertz CT molecular complexity index is 1220. The van der Waals surface area contributed by atoms with Gasteiger partial charge in [0.2, 0.25) is 5.91 Å². The molecular formula is C23H22F2N4O2. The van der Waals surface area contributed by atoms with Crippen molar-refractivity contribution in [2.24, 2.45) is 7.05 Å². The fourth-order valence-corrected chi connectivity index (χ4v) is 3.06. The average molecular weight is 424 g/mol. The first-order valence-electron chi connectivity index (χ1n) is 9.37. The van der Waals surface area contributed by atoms with Crippen LogP contribution in [0.2, 0.25) is 0 Å². The Labute approximate surface area is 178 Å². The summed E-state index contributed by atoms with van der Waals surface area (Å²) >= 11 is 0. The van der Waals surface area contributed by atoms with Crippen molar-refractivity contribution in [3.8, 4) is 11.1 Å². The summed E-state index contributed by atoms with van der Waals surface area (Å²) in [4.78, 5) is 25.9. The van der Waals surface area contributed by atoms with Crippen LogP contribution in [0.1, 0.15) is 0 Å². The summed E-state index contributed by atoms with van der Waals surface area (Å²) in [6.07, 6.45) is 2.80. The van der Waals surface area contributed by atoms with Crippen LogP contribution < -0.4 is 21.1 Å². The molecule has 0 saturated heterocycles. The summed E-state index contributed by atoms with van der Waals surface area (Å²) < 4.78 is 29.0. The van der Waals surface area contributed by atoms with Crippen LogP contribution in [0.3, 0.4) is 0 Å². The zero-order chi connectivity index (χ0) is 22.7. The number of benzene rings is 2. The van der Waals surface area contributed by atoms with Gasteiger partial charge in [-0.1, -0.05) is 6.58 Å². The lowest BCUT2D eigenvalue weighted by Crippen LogP contribution is -2.25. The van der Waals surface area contributed by atoms with Crippen molar-refractivity contribution >= 4 is 28.7 Å². The van der Waals surface area contributed by atoms with Gasteiger partial charge in [-0.15, -0.1) is 0 Å². The van der Waals surface area contributed by atoms with Gasteiger partial charge in [-0.2, -0.15) is 0 Å². The van der Waals surface area contributed by atoms with E-state index in [2.05, 4.69) is 17.2 Å². The standard InChI is InChI=1S/C23H22F2N4O2/c1-5-22(30)26-16-7-9-19(27-20-8-6-15(24)11-18(20)25)17(12-16)14-10-21(28(2)3)23(31)29(4)13-14/h5-13,27H,1H2,2-4H3,(H,26,30). The number of hydrogen-bond donors (Lipinski definition) is 2. The molecule has 0 aliphatic rings. The van der Waals surface area contributed by atoms with Crippen LogP contribution in [0.15, 0.2) is 66.1 Å². The van der Waals surface area contributed by atoms with Crippen LogP contribution in [-0.4, -0.2) is 24.6 Å². The highest BCUT2D eigenvalue weighted by Crippen LogP contribution is 2.34. The average Bonchev–Trinajstić information content (AvgIpc) is 2.72. The van der Waals surface area contributed by atoms with E-state index in [1.807, 2.05) is 0 Å². The van der Waals surface area contributed by atoms with E-state index in [0.717, 1.165) is 18.2 Å². The molecule has 3 aromatic rings. The van der Waals surface area contributed by atoms with Gasteiger partial charge < -0.3 is 20.1 Å². The van der Waals surface area contributed by atoms with Gasteiger partial charge in [0.1, 0.15) is 17.3 Å². The number of aromatic nitrogens is 1. The molecule has 1 aromatic heterocycles. The maximum absolute atomic E-state index is 14.2. The first kappa shape index (κ1) is 21.8. The molecule has 3 rings (SSSR count). The zero-order valence-electron chi connectivity index (χ0n) is 17.4. The normalized spacial score (nSPS) is 10.5. The Morgan fingerprint density at radius 3 is 2.45 bits per heavy atom. The molecule has 0 aliphatic carbocycles. The summed E-state index contributed by atoms with van der Waals surface area (Å²) in [5, 5.41) is 5.66. The lowest BCUT2D eigenvalue weighted by molar-refractivity contribution is -0.111. The maximum Gasteiger partial charge on any atom is 0.273 e. The van der Waals surface area contributed by atoms with Crippen molar-refractivity contribution in [2.75, 3.05) is 29.6 Å². The highest BCUT2D eigenvalue weighted by atomic mass is 19.1. The Morgan fingerprint density at radius 1 is 1.10 bits per heavy atom. The number of rotatable bonds is 6. The first-order chi connectivity index (χ1) is 14.7. The molecule has 160 valence electrons. The molecule has 2 aromatic carbocycles. The molecule has 1 amide bonds. The quantitative estimate of drug-likeness (QED) is 0.580. The van der Waals surface area contributed by atoms with Gasteiger partial charge in [0.25, 0.3) is 5.56 Å². The van der Waals surface area contributed by atoms with Gasteiger partial charge in [0.15, 0.2) is 0 Å². The van der Waals surface area contributed by atoms with Crippen LogP contribution >= 0.6 is 0 Å². The zero-order valence-corrected chi connectivity index (χ0v) is 17.4. The summed E-state index contributed by atoms with van der Waals surface area (Å²) in [6, 6.07) is 9.96. The van der Waals surface area contributed by atoms with Gasteiger partial charge in [-0.25, -0.2) is 8.78 Å². The fraction of sp³-hybridized carbons (Fsp3) is 0.130. The number of nitrogens with zero attached hydrogens (tertiary/aromatic N) is 2. The third-order valence-corrected chi connectivity index (χ3v) is 4.63. The molecule has 0 unspecified atom stereocenters. The van der Waals surface area contributed by atoms with Crippen molar-refractivity contribution in [3.63, 3.8) is 0 Å². The smallest absolute Gasteiger partial charge is 0.273 e. The minimum Gasteiger partial charge on any atom is -0.373 e. The predicted octanol–water partition coefficient (Wildman–Crippen LogP) is 4.26. The topological polar surface area (TPSA) is 66.4 Å². The second kappa shape index (κ2) is 8.83. The van der Waals surface area contributed by atoms with Crippen molar-refractivity contribution in [1.82, 2.24) is 4.57 Å². The first-order valence-corrected chi connectivity index (χ1v) is 9.37. The molecule has 31 heavy (non-hydrogen) atoms. The second-order valence-electron chi connectivity index (χ2n) is 7.13. The summed E-state index contributed by atoms with van der Waals surface area (Å²) in [5.41, 5.74) is 2.62. The minimum absolute atomic E-state index is 0.0863. The molecule has 0 bridgehead atoms. The Morgan fingerprint density at radius 2 is 1.81 bits per heavy atom. The monoisotopic (exact) mass is 424 g/mol. The highest BCUT2D eigenvalue weighted by molar-refractivity contribution is 6.00. The van der Waals surface area contributed by atoms with Crippen LogP contribution in [0.4, 0.5) is 31.5 Å². The molecular weight excluding hydrogens is 402 g/mol. The summed E-state index contributed by atoms with van der Waals surface area (Å²) in [7, 11) is 5.15. The highest BCUT2D eigenvalue weighted by Gasteiger charge is 2.14. The van der Waals surface area contributed by atoms with Gasteiger partial charge in [0, 0.05) is 55.9 Å². The van der Waals surface area contributed by atoms with Crippen LogP contribution in [0, 0.1) is 11.6 Å². The molecule has 8 heteroatoms. The Balaban J connectivity index is 2.17. The fourth-order valence-electron chi connectivity index (χ4n) is 3.06. The summed E-state index contributed by atoms with van der Waals surface area (Å²) in [6.45, 7) is 3.44. The number of amides is 1. The number of carbonyl (C=O) groups is 1. The molecule has 0 saturated carbocycles. The van der Waals surface area contributed by atoms with E-state index in [1.54, 1.807) is 56.5 Å². The third kappa shape index (κ3) is 4.80. The van der Waals surface area contributed by atoms with E-state index >= 15 is 0 Å². The number of carbonyl (C=O) groups excluding carboxylic acids is 1. The number of nitrogens with one attached hydrogen (secondary N) is 2. The molecule has 0 fully saturated rings. The lowest BCUT2D eigenvalue weighted by Gasteiger charge is -2.18. The number of anilines is 4. The molecule has 1 heterocycles. The molecule has 6 nitrogen and oxygen atoms in total. The summed E-state index contributed by atoms with van der Waals surface area (Å²) in [5.74, 6) is -1.81. The SMILES string of the molecule is C=CC(=O)Nc1ccc(Nc2ccc(F)cc2F)c(-c2cc(N(C)C)c(=O)n(C)c2)c1. The minimum atomic E-state index is -0.746. The number of aryl methyl sites for hydroxylation is 1. The molecule has 0 spiro atoms. The van der Waals surface area contributed by atoms with Gasteiger partial charge in [0.05, 0.1) is 5.69 Å². The van der Waals surface area contributed by atoms with Gasteiger partial charge in [-0.05, 0) is 42.5 Å². The lowest BCUT2D eigenvalue weighted by atomic mass is 10.0. The van der Waals surface area contributed by atoms with Crippen molar-refractivity contribution in [1.29, 1.82) is 0 Å². The molecule has 0 aliphatic heterocycles. The Hall–Kier alpha value is -3.94. The molecule has 0 radical (unpaired) electrons. The number of pyridine rings is 1. The van der Waals surface area contributed by atoms with Crippen LogP contribution in [-0.2, 0) is 11.8 Å². The van der Waals surface area contributed by atoms with E-state index in [0.29, 0.717) is 28.2 Å². The number of halogens is 2. The van der Waals surface area contributed by atoms with Crippen molar-refractivity contribution < 1.29 is 13.6 Å². The third-order valence-electron chi connectivity index (χ3n) is 4.63. The largest absolute Gasteiger partial charge is 0.373 e. The predicted molar refractivity (Wildman–Crippen MR) is 120 cm³/mol. The van der Waals surface area contributed by atoms with Crippen molar-refractivity contribution in [2.45, 2.75) is 0 Å². The van der Waals surface area contributed by atoms with Crippen LogP contribution in [0.25, 0.3) is 11.1 Å². The Kier molecular flexibility index (Phi) is 6.20. The van der Waals surface area contributed by atoms with Gasteiger partial charge in [-0.3, -0.25) is 9.59 Å². The second-order valence-corrected chi connectivity index (χ2v) is 7.13.